The van der Waals surface area contributed by atoms with E-state index in [1.165, 1.54) is 11.8 Å². The molecular formula is C17H13N3O2S. The zero-order chi connectivity index (χ0) is 16.1. The summed E-state index contributed by atoms with van der Waals surface area (Å²) in [5, 5.41) is 17.7. The molecule has 0 amide bonds. The number of thioether (sulfide) groups is 1. The number of benzene rings is 2. The molecule has 0 atom stereocenters. The van der Waals surface area contributed by atoms with Gasteiger partial charge in [0.15, 0.2) is 0 Å². The highest BCUT2D eigenvalue weighted by molar-refractivity contribution is 7.98. The first-order chi connectivity index (χ1) is 11.3. The molecule has 6 heteroatoms. The van der Waals surface area contributed by atoms with Crippen LogP contribution >= 0.6 is 11.8 Å². The Balaban J connectivity index is 1.77. The highest BCUT2D eigenvalue weighted by atomic mass is 32.2. The van der Waals surface area contributed by atoms with Gasteiger partial charge in [0.1, 0.15) is 5.75 Å². The number of hydrogen-bond acceptors (Lipinski definition) is 6. The molecule has 0 spiro atoms. The Bertz CT molecular complexity index is 855. The van der Waals surface area contributed by atoms with Gasteiger partial charge in [-0.15, -0.1) is 10.2 Å². The summed E-state index contributed by atoms with van der Waals surface area (Å²) in [5.41, 5.74) is 2.35. The topological polar surface area (TPSA) is 71.9 Å². The molecule has 1 aromatic heterocycles. The Hall–Kier alpha value is -2.78. The van der Waals surface area contributed by atoms with Crippen LogP contribution in [-0.2, 0) is 5.75 Å². The van der Waals surface area contributed by atoms with Gasteiger partial charge in [-0.05, 0) is 23.8 Å². The molecule has 0 radical (unpaired) electrons. The Labute approximate surface area is 137 Å². The SMILES string of the molecule is COc1ccccc1-c1nnc(SCc2ccccc2C#N)o1. The number of rotatable bonds is 5. The maximum Gasteiger partial charge on any atom is 0.277 e. The van der Waals surface area contributed by atoms with E-state index in [1.807, 2.05) is 42.5 Å². The number of para-hydroxylation sites is 1. The lowest BCUT2D eigenvalue weighted by atomic mass is 10.1. The molecule has 0 saturated carbocycles. The van der Waals surface area contributed by atoms with Crippen LogP contribution in [-0.4, -0.2) is 17.3 Å². The van der Waals surface area contributed by atoms with Gasteiger partial charge in [0, 0.05) is 5.75 Å². The third-order valence-corrected chi connectivity index (χ3v) is 4.10. The molecule has 0 aliphatic heterocycles. The summed E-state index contributed by atoms with van der Waals surface area (Å²) >= 11 is 1.40. The first-order valence-corrected chi connectivity index (χ1v) is 7.88. The van der Waals surface area contributed by atoms with E-state index in [4.69, 9.17) is 14.4 Å². The van der Waals surface area contributed by atoms with Gasteiger partial charge in [-0.25, -0.2) is 0 Å². The highest BCUT2D eigenvalue weighted by Crippen LogP contribution is 2.31. The van der Waals surface area contributed by atoms with E-state index in [2.05, 4.69) is 16.3 Å². The molecule has 0 saturated heterocycles. The van der Waals surface area contributed by atoms with Crippen molar-refractivity contribution in [3.05, 3.63) is 59.7 Å². The van der Waals surface area contributed by atoms with E-state index in [-0.39, 0.29) is 0 Å². The van der Waals surface area contributed by atoms with E-state index in [1.54, 1.807) is 13.2 Å². The third-order valence-electron chi connectivity index (χ3n) is 3.23. The van der Waals surface area contributed by atoms with Crippen molar-refractivity contribution in [3.63, 3.8) is 0 Å². The Morgan fingerprint density at radius 1 is 1.13 bits per heavy atom. The van der Waals surface area contributed by atoms with Crippen LogP contribution in [0.5, 0.6) is 5.75 Å². The van der Waals surface area contributed by atoms with E-state index in [0.717, 1.165) is 11.1 Å². The molecule has 2 aromatic carbocycles. The van der Waals surface area contributed by atoms with Gasteiger partial charge < -0.3 is 9.15 Å². The van der Waals surface area contributed by atoms with Crippen LogP contribution in [0.3, 0.4) is 0 Å². The van der Waals surface area contributed by atoms with Crippen LogP contribution in [0.1, 0.15) is 11.1 Å². The highest BCUT2D eigenvalue weighted by Gasteiger charge is 2.13. The molecule has 0 fully saturated rings. The summed E-state index contributed by atoms with van der Waals surface area (Å²) in [4.78, 5) is 0. The van der Waals surface area contributed by atoms with Crippen LogP contribution < -0.4 is 4.74 Å². The second kappa shape index (κ2) is 6.99. The fourth-order valence-corrected chi connectivity index (χ4v) is 2.86. The van der Waals surface area contributed by atoms with Crippen molar-refractivity contribution >= 4 is 11.8 Å². The van der Waals surface area contributed by atoms with Crippen LogP contribution in [0.2, 0.25) is 0 Å². The summed E-state index contributed by atoms with van der Waals surface area (Å²) in [6, 6.07) is 17.1. The predicted molar refractivity (Wildman–Crippen MR) is 87.0 cm³/mol. The molecule has 114 valence electrons. The average molecular weight is 323 g/mol. The summed E-state index contributed by atoms with van der Waals surface area (Å²) in [5.74, 6) is 1.69. The fraction of sp³-hybridized carbons (Fsp3) is 0.118. The monoisotopic (exact) mass is 323 g/mol. The van der Waals surface area contributed by atoms with E-state index in [9.17, 15) is 0 Å². The minimum absolute atomic E-state index is 0.415. The second-order valence-corrected chi connectivity index (χ2v) is 5.56. The van der Waals surface area contributed by atoms with Gasteiger partial charge in [-0.1, -0.05) is 42.1 Å². The van der Waals surface area contributed by atoms with Crippen molar-refractivity contribution in [3.8, 4) is 23.3 Å². The number of hydrogen-bond donors (Lipinski definition) is 0. The van der Waals surface area contributed by atoms with Crippen LogP contribution in [0.4, 0.5) is 0 Å². The first-order valence-electron chi connectivity index (χ1n) is 6.89. The number of nitriles is 1. The maximum atomic E-state index is 9.10. The van der Waals surface area contributed by atoms with Gasteiger partial charge in [0.25, 0.3) is 11.1 Å². The second-order valence-electron chi connectivity index (χ2n) is 4.63. The van der Waals surface area contributed by atoms with Gasteiger partial charge in [-0.3, -0.25) is 0 Å². The zero-order valence-electron chi connectivity index (χ0n) is 12.4. The van der Waals surface area contributed by atoms with Crippen molar-refractivity contribution in [2.24, 2.45) is 0 Å². The minimum atomic E-state index is 0.415. The Kier molecular flexibility index (Phi) is 4.60. The predicted octanol–water partition coefficient (Wildman–Crippen LogP) is 3.91. The van der Waals surface area contributed by atoms with Crippen molar-refractivity contribution in [1.82, 2.24) is 10.2 Å². The summed E-state index contributed by atoms with van der Waals surface area (Å²) in [7, 11) is 1.60. The molecule has 5 nitrogen and oxygen atoms in total. The first kappa shape index (κ1) is 15.1. The standard InChI is InChI=1S/C17H13N3O2S/c1-21-15-9-5-4-8-14(15)16-19-20-17(22-16)23-11-13-7-3-2-6-12(13)10-18/h2-9H,11H2,1H3. The fourth-order valence-electron chi connectivity index (χ4n) is 2.09. The van der Waals surface area contributed by atoms with E-state index >= 15 is 0 Å². The summed E-state index contributed by atoms with van der Waals surface area (Å²) < 4.78 is 11.0. The molecular weight excluding hydrogens is 310 g/mol. The molecule has 0 unspecified atom stereocenters. The minimum Gasteiger partial charge on any atom is -0.496 e. The maximum absolute atomic E-state index is 9.10. The van der Waals surface area contributed by atoms with Crippen molar-refractivity contribution < 1.29 is 9.15 Å². The normalized spacial score (nSPS) is 10.3. The molecule has 23 heavy (non-hydrogen) atoms. The molecule has 0 aliphatic rings. The molecule has 0 bridgehead atoms. The van der Waals surface area contributed by atoms with Gasteiger partial charge in [-0.2, -0.15) is 5.26 Å². The van der Waals surface area contributed by atoms with Crippen LogP contribution in [0.15, 0.2) is 58.2 Å². The number of aromatic nitrogens is 2. The summed E-state index contributed by atoms with van der Waals surface area (Å²) in [6.45, 7) is 0. The number of methoxy groups -OCH3 is 1. The largest absolute Gasteiger partial charge is 0.496 e. The number of ether oxygens (including phenoxy) is 1. The van der Waals surface area contributed by atoms with E-state index in [0.29, 0.717) is 28.2 Å². The Morgan fingerprint density at radius 3 is 2.74 bits per heavy atom. The zero-order valence-corrected chi connectivity index (χ0v) is 13.2. The molecule has 0 N–H and O–H groups in total. The quantitative estimate of drug-likeness (QED) is 0.663. The average Bonchev–Trinajstić information content (AvgIpc) is 3.09. The van der Waals surface area contributed by atoms with Crippen molar-refractivity contribution in [1.29, 1.82) is 5.26 Å². The number of nitrogens with zero attached hydrogens (tertiary/aromatic N) is 3. The molecule has 0 aliphatic carbocycles. The lowest BCUT2D eigenvalue weighted by Crippen LogP contribution is -1.87. The van der Waals surface area contributed by atoms with Crippen LogP contribution in [0.25, 0.3) is 11.5 Å². The smallest absolute Gasteiger partial charge is 0.277 e. The molecule has 3 rings (SSSR count). The lowest BCUT2D eigenvalue weighted by molar-refractivity contribution is 0.411. The van der Waals surface area contributed by atoms with Crippen molar-refractivity contribution in [2.75, 3.05) is 7.11 Å². The summed E-state index contributed by atoms with van der Waals surface area (Å²) in [6.07, 6.45) is 0. The van der Waals surface area contributed by atoms with E-state index < -0.39 is 0 Å². The Morgan fingerprint density at radius 2 is 1.91 bits per heavy atom. The molecule has 1 heterocycles. The van der Waals surface area contributed by atoms with Gasteiger partial charge >= 0.3 is 0 Å². The van der Waals surface area contributed by atoms with Gasteiger partial charge in [0.05, 0.1) is 24.3 Å². The van der Waals surface area contributed by atoms with Crippen LogP contribution in [0, 0.1) is 11.3 Å². The van der Waals surface area contributed by atoms with Gasteiger partial charge in [0.2, 0.25) is 0 Å². The molecule has 3 aromatic rings. The third kappa shape index (κ3) is 3.35. The lowest BCUT2D eigenvalue weighted by Gasteiger charge is -2.03. The van der Waals surface area contributed by atoms with Crippen molar-refractivity contribution in [2.45, 2.75) is 11.0 Å².